The molecule has 2 N–H and O–H groups in total. The van der Waals surface area contributed by atoms with Gasteiger partial charge in [-0.2, -0.15) is 0 Å². The molecule has 0 aliphatic rings. The smallest absolute Gasteiger partial charge is 0.000755 e. The van der Waals surface area contributed by atoms with Crippen LogP contribution in [0.2, 0.25) is 0 Å². The minimum atomic E-state index is 0.770. The first kappa shape index (κ1) is 7.28. The molecule has 1 heteroatoms. The molecule has 0 saturated heterocycles. The lowest BCUT2D eigenvalue weighted by Gasteiger charge is -1.93. The molecule has 0 atom stereocenters. The summed E-state index contributed by atoms with van der Waals surface area (Å²) in [7, 11) is 0. The van der Waals surface area contributed by atoms with Crippen LogP contribution in [0.25, 0.3) is 0 Å². The molecule has 46 valence electrons. The summed E-state index contributed by atoms with van der Waals surface area (Å²) in [5, 5.41) is 0. The van der Waals surface area contributed by atoms with E-state index in [1.807, 2.05) is 6.08 Å². The van der Waals surface area contributed by atoms with Crippen molar-refractivity contribution in [3.63, 3.8) is 0 Å². The zero-order chi connectivity index (χ0) is 6.41. The molecular weight excluding hydrogens is 98.1 g/mol. The number of unbranched alkanes of at least 4 members (excludes halogenated alkanes) is 1. The van der Waals surface area contributed by atoms with Crippen molar-refractivity contribution < 1.29 is 0 Å². The van der Waals surface area contributed by atoms with Crippen LogP contribution in [0.1, 0.15) is 19.3 Å². The van der Waals surface area contributed by atoms with Gasteiger partial charge in [0, 0.05) is 5.70 Å². The molecule has 0 bridgehead atoms. The highest BCUT2D eigenvalue weighted by Gasteiger charge is 1.83. The largest absolute Gasteiger partial charge is 0.403 e. The molecule has 0 rings (SSSR count). The van der Waals surface area contributed by atoms with Crippen LogP contribution < -0.4 is 5.73 Å². The van der Waals surface area contributed by atoms with Crippen molar-refractivity contribution >= 4 is 0 Å². The molecule has 1 nitrogen and oxygen atoms in total. The second-order valence-electron chi connectivity index (χ2n) is 1.84. The zero-order valence-corrected chi connectivity index (χ0v) is 5.19. The van der Waals surface area contributed by atoms with E-state index >= 15 is 0 Å². The summed E-state index contributed by atoms with van der Waals surface area (Å²) in [6.45, 7) is 7.16. The van der Waals surface area contributed by atoms with Gasteiger partial charge in [-0.3, -0.25) is 0 Å². The lowest BCUT2D eigenvalue weighted by atomic mass is 10.2. The summed E-state index contributed by atoms with van der Waals surface area (Å²) in [5.41, 5.74) is 6.07. The molecule has 0 aromatic rings. The quantitative estimate of drug-likeness (QED) is 0.434. The molecule has 0 aliphatic carbocycles. The highest BCUT2D eigenvalue weighted by Crippen LogP contribution is 1.98. The maximum atomic E-state index is 5.30. The third kappa shape index (κ3) is 5.28. The summed E-state index contributed by atoms with van der Waals surface area (Å²) in [6, 6.07) is 0. The maximum absolute atomic E-state index is 5.30. The third-order valence-corrected chi connectivity index (χ3v) is 0.906. The highest BCUT2D eigenvalue weighted by molar-refractivity contribution is 4.86. The van der Waals surface area contributed by atoms with E-state index in [0.29, 0.717) is 0 Å². The molecule has 8 heavy (non-hydrogen) atoms. The molecule has 0 saturated carbocycles. The van der Waals surface area contributed by atoms with Gasteiger partial charge < -0.3 is 5.73 Å². The molecule has 0 amide bonds. The van der Waals surface area contributed by atoms with Crippen molar-refractivity contribution in [2.75, 3.05) is 0 Å². The monoisotopic (exact) mass is 111 g/mol. The van der Waals surface area contributed by atoms with E-state index in [1.165, 1.54) is 0 Å². The van der Waals surface area contributed by atoms with Gasteiger partial charge in [-0.1, -0.05) is 12.7 Å². The van der Waals surface area contributed by atoms with Crippen LogP contribution in [0.15, 0.2) is 24.9 Å². The molecule has 0 heterocycles. The predicted molar refractivity (Wildman–Crippen MR) is 37.4 cm³/mol. The molecule has 0 aliphatic heterocycles. The average Bonchev–Trinajstić information content (AvgIpc) is 1.66. The second-order valence-corrected chi connectivity index (χ2v) is 1.84. The standard InChI is InChI=1S/C7H13N/c1-3-4-5-6-7(2)8/h3H,1-2,4-6,8H2. The molecular formula is C7H13N. The summed E-state index contributed by atoms with van der Waals surface area (Å²) >= 11 is 0. The number of hydrogen-bond acceptors (Lipinski definition) is 1. The van der Waals surface area contributed by atoms with Crippen LogP contribution in [-0.2, 0) is 0 Å². The highest BCUT2D eigenvalue weighted by atomic mass is 14.5. The molecule has 0 unspecified atom stereocenters. The lowest BCUT2D eigenvalue weighted by Crippen LogP contribution is -1.92. The van der Waals surface area contributed by atoms with E-state index < -0.39 is 0 Å². The second kappa shape index (κ2) is 4.44. The molecule has 0 fully saturated rings. The minimum Gasteiger partial charge on any atom is -0.403 e. The van der Waals surface area contributed by atoms with Gasteiger partial charge in [0.2, 0.25) is 0 Å². The first-order chi connectivity index (χ1) is 3.77. The van der Waals surface area contributed by atoms with E-state index in [9.17, 15) is 0 Å². The number of rotatable bonds is 4. The minimum absolute atomic E-state index is 0.770. The average molecular weight is 111 g/mol. The summed E-state index contributed by atoms with van der Waals surface area (Å²) in [6.07, 6.45) is 4.93. The lowest BCUT2D eigenvalue weighted by molar-refractivity contribution is 0.828. The van der Waals surface area contributed by atoms with Crippen molar-refractivity contribution in [3.05, 3.63) is 24.9 Å². The topological polar surface area (TPSA) is 26.0 Å². The normalized spacial score (nSPS) is 8.50. The first-order valence-electron chi connectivity index (χ1n) is 2.81. The Morgan fingerprint density at radius 3 is 2.62 bits per heavy atom. The number of nitrogens with two attached hydrogens (primary N) is 1. The molecule has 0 aromatic heterocycles. The summed E-state index contributed by atoms with van der Waals surface area (Å²) in [5.74, 6) is 0. The zero-order valence-electron chi connectivity index (χ0n) is 5.19. The van der Waals surface area contributed by atoms with E-state index in [4.69, 9.17) is 5.73 Å². The van der Waals surface area contributed by atoms with Crippen molar-refractivity contribution in [2.45, 2.75) is 19.3 Å². The summed E-state index contributed by atoms with van der Waals surface area (Å²) < 4.78 is 0. The first-order valence-corrected chi connectivity index (χ1v) is 2.81. The van der Waals surface area contributed by atoms with Gasteiger partial charge in [0.1, 0.15) is 0 Å². The Balaban J connectivity index is 2.93. The Bertz CT molecular complexity index is 84.4. The van der Waals surface area contributed by atoms with Crippen LogP contribution in [0.3, 0.4) is 0 Å². The van der Waals surface area contributed by atoms with E-state index in [2.05, 4.69) is 13.2 Å². The Morgan fingerprint density at radius 1 is 1.62 bits per heavy atom. The predicted octanol–water partition coefficient (Wildman–Crippen LogP) is 1.82. The van der Waals surface area contributed by atoms with Crippen LogP contribution >= 0.6 is 0 Å². The van der Waals surface area contributed by atoms with Crippen LogP contribution in [0, 0.1) is 0 Å². The molecule has 0 radical (unpaired) electrons. The Labute approximate surface area is 50.9 Å². The fourth-order valence-electron chi connectivity index (χ4n) is 0.473. The summed E-state index contributed by atoms with van der Waals surface area (Å²) in [4.78, 5) is 0. The van der Waals surface area contributed by atoms with E-state index in [1.54, 1.807) is 0 Å². The Kier molecular flexibility index (Phi) is 4.04. The Morgan fingerprint density at radius 2 is 2.25 bits per heavy atom. The van der Waals surface area contributed by atoms with Crippen molar-refractivity contribution in [1.82, 2.24) is 0 Å². The van der Waals surface area contributed by atoms with Crippen LogP contribution in [0.4, 0.5) is 0 Å². The van der Waals surface area contributed by atoms with Crippen molar-refractivity contribution in [1.29, 1.82) is 0 Å². The number of hydrogen-bond donors (Lipinski definition) is 1. The fraction of sp³-hybridized carbons (Fsp3) is 0.429. The maximum Gasteiger partial charge on any atom is 0.000755 e. The van der Waals surface area contributed by atoms with Crippen molar-refractivity contribution in [3.8, 4) is 0 Å². The van der Waals surface area contributed by atoms with Crippen LogP contribution in [-0.4, -0.2) is 0 Å². The van der Waals surface area contributed by atoms with Crippen molar-refractivity contribution in [2.24, 2.45) is 5.73 Å². The van der Waals surface area contributed by atoms with E-state index in [-0.39, 0.29) is 0 Å². The van der Waals surface area contributed by atoms with Crippen LogP contribution in [0.5, 0.6) is 0 Å². The van der Waals surface area contributed by atoms with Gasteiger partial charge in [-0.25, -0.2) is 0 Å². The van der Waals surface area contributed by atoms with Gasteiger partial charge in [-0.05, 0) is 19.3 Å². The third-order valence-electron chi connectivity index (χ3n) is 0.906. The fourth-order valence-corrected chi connectivity index (χ4v) is 0.473. The van der Waals surface area contributed by atoms with Gasteiger partial charge >= 0.3 is 0 Å². The number of allylic oxidation sites excluding steroid dienone is 2. The van der Waals surface area contributed by atoms with Gasteiger partial charge in [-0.15, -0.1) is 6.58 Å². The van der Waals surface area contributed by atoms with Gasteiger partial charge in [0.25, 0.3) is 0 Å². The molecule has 0 spiro atoms. The Hall–Kier alpha value is -0.720. The van der Waals surface area contributed by atoms with Gasteiger partial charge in [0.15, 0.2) is 0 Å². The van der Waals surface area contributed by atoms with E-state index in [0.717, 1.165) is 25.0 Å². The SMILES string of the molecule is C=CCCCC(=C)N. The molecule has 0 aromatic carbocycles. The van der Waals surface area contributed by atoms with Gasteiger partial charge in [0.05, 0.1) is 0 Å².